The summed E-state index contributed by atoms with van der Waals surface area (Å²) < 4.78 is 2.52. The number of nitrogens with zero attached hydrogens (tertiary/aromatic N) is 2. The van der Waals surface area contributed by atoms with Crippen LogP contribution in [0.3, 0.4) is 0 Å². The Morgan fingerprint density at radius 3 is 1.71 bits per heavy atom. The van der Waals surface area contributed by atoms with E-state index in [2.05, 4.69) is 176 Å². The predicted octanol–water partition coefficient (Wildman–Crippen LogP) is 14.6. The van der Waals surface area contributed by atoms with Crippen molar-refractivity contribution in [1.29, 1.82) is 0 Å². The zero-order valence-electron chi connectivity index (χ0n) is 29.8. The van der Waals surface area contributed by atoms with Gasteiger partial charge in [0.25, 0.3) is 0 Å². The highest BCUT2D eigenvalue weighted by Gasteiger charge is 2.20. The van der Waals surface area contributed by atoms with Gasteiger partial charge in [-0.15, -0.1) is 11.3 Å². The van der Waals surface area contributed by atoms with Crippen molar-refractivity contribution in [3.63, 3.8) is 0 Å². The third kappa shape index (κ3) is 5.24. The number of thiophene rings is 1. The van der Waals surface area contributed by atoms with Crippen LogP contribution in [-0.4, -0.2) is 9.97 Å². The van der Waals surface area contributed by atoms with Crippen LogP contribution in [0, 0.1) is 0 Å². The summed E-state index contributed by atoms with van der Waals surface area (Å²) in [5.41, 5.74) is 9.90. The molecule has 2 heterocycles. The smallest absolute Gasteiger partial charge is 0.160 e. The first-order valence-corrected chi connectivity index (χ1v) is 19.5. The molecule has 9 aromatic carbocycles. The van der Waals surface area contributed by atoms with Gasteiger partial charge in [0, 0.05) is 36.9 Å². The van der Waals surface area contributed by atoms with Gasteiger partial charge in [-0.05, 0) is 66.7 Å². The lowest BCUT2D eigenvalue weighted by atomic mass is 9.84. The quantitative estimate of drug-likeness (QED) is 0.131. The van der Waals surface area contributed by atoms with Gasteiger partial charge in [-0.2, -0.15) is 0 Å². The summed E-state index contributed by atoms with van der Waals surface area (Å²) in [6, 6.07) is 69.7. The lowest BCUT2D eigenvalue weighted by Crippen LogP contribution is -1.96. The van der Waals surface area contributed by atoms with Crippen LogP contribution in [0.2, 0.25) is 0 Å². The maximum Gasteiger partial charge on any atom is 0.160 e. The van der Waals surface area contributed by atoms with Gasteiger partial charge in [0.1, 0.15) is 0 Å². The zero-order valence-corrected chi connectivity index (χ0v) is 30.6. The van der Waals surface area contributed by atoms with E-state index in [9.17, 15) is 0 Å². The topological polar surface area (TPSA) is 25.8 Å². The summed E-state index contributed by atoms with van der Waals surface area (Å²) in [6.45, 7) is 0. The second-order valence-corrected chi connectivity index (χ2v) is 15.1. The SMILES string of the molecule is c1ccc(-c2nc(-c3ccc(-c4c5ccccc5c(-c5ccccc5)c5c4ccc4ccccc45)cc3)cc(-c3cccc4c3sc3ccccc34)n2)cc1. The molecule has 3 heteroatoms. The van der Waals surface area contributed by atoms with Crippen molar-refractivity contribution in [2.75, 3.05) is 0 Å². The van der Waals surface area contributed by atoms with Crippen LogP contribution in [0.4, 0.5) is 0 Å². The van der Waals surface area contributed by atoms with E-state index in [4.69, 9.17) is 9.97 Å². The minimum absolute atomic E-state index is 0.718. The van der Waals surface area contributed by atoms with Crippen molar-refractivity contribution < 1.29 is 0 Å². The lowest BCUT2D eigenvalue weighted by Gasteiger charge is -2.19. The average molecular weight is 717 g/mol. The Morgan fingerprint density at radius 2 is 0.927 bits per heavy atom. The van der Waals surface area contributed by atoms with Crippen LogP contribution < -0.4 is 0 Å². The molecule has 0 amide bonds. The summed E-state index contributed by atoms with van der Waals surface area (Å²) in [5.74, 6) is 0.718. The highest BCUT2D eigenvalue weighted by atomic mass is 32.1. The monoisotopic (exact) mass is 716 g/mol. The van der Waals surface area contributed by atoms with E-state index in [-0.39, 0.29) is 0 Å². The maximum absolute atomic E-state index is 5.21. The normalized spacial score (nSPS) is 11.6. The van der Waals surface area contributed by atoms with Crippen molar-refractivity contribution in [2.24, 2.45) is 0 Å². The summed E-state index contributed by atoms with van der Waals surface area (Å²) in [6.07, 6.45) is 0. The van der Waals surface area contributed by atoms with Crippen molar-refractivity contribution in [3.8, 4) is 56.2 Å². The van der Waals surface area contributed by atoms with Gasteiger partial charge in [0.15, 0.2) is 5.82 Å². The van der Waals surface area contributed by atoms with Gasteiger partial charge in [-0.1, -0.05) is 182 Å². The Labute approximate surface area is 322 Å². The van der Waals surface area contributed by atoms with Crippen molar-refractivity contribution >= 4 is 63.8 Å². The molecule has 0 aliphatic heterocycles. The molecule has 0 spiro atoms. The van der Waals surface area contributed by atoms with E-state index in [1.54, 1.807) is 0 Å². The molecular weight excluding hydrogens is 685 g/mol. The third-order valence-corrected chi connectivity index (χ3v) is 12.1. The summed E-state index contributed by atoms with van der Waals surface area (Å²) in [7, 11) is 0. The van der Waals surface area contributed by atoms with Crippen LogP contribution >= 0.6 is 11.3 Å². The van der Waals surface area contributed by atoms with E-state index < -0.39 is 0 Å². The molecule has 0 fully saturated rings. The van der Waals surface area contributed by atoms with E-state index in [0.717, 1.165) is 33.9 Å². The van der Waals surface area contributed by atoms with Crippen LogP contribution in [0.25, 0.3) is 109 Å². The second-order valence-electron chi connectivity index (χ2n) is 14.1. The largest absolute Gasteiger partial charge is 0.228 e. The second kappa shape index (κ2) is 12.9. The number of hydrogen-bond donors (Lipinski definition) is 0. The Balaban J connectivity index is 1.11. The van der Waals surface area contributed by atoms with Gasteiger partial charge < -0.3 is 0 Å². The fourth-order valence-corrected chi connectivity index (χ4v) is 9.59. The number of fused-ring (bicyclic) bond motifs is 7. The zero-order chi connectivity index (χ0) is 36.3. The number of rotatable bonds is 5. The molecule has 0 unspecified atom stereocenters. The lowest BCUT2D eigenvalue weighted by molar-refractivity contribution is 1.19. The molecule has 0 N–H and O–H groups in total. The molecule has 0 atom stereocenters. The molecule has 11 rings (SSSR count). The van der Waals surface area contributed by atoms with E-state index >= 15 is 0 Å². The third-order valence-electron chi connectivity index (χ3n) is 10.9. The number of aromatic nitrogens is 2. The average Bonchev–Trinajstić information content (AvgIpc) is 3.65. The predicted molar refractivity (Wildman–Crippen MR) is 235 cm³/mol. The van der Waals surface area contributed by atoms with Crippen molar-refractivity contribution in [3.05, 3.63) is 194 Å². The highest BCUT2D eigenvalue weighted by molar-refractivity contribution is 7.26. The minimum Gasteiger partial charge on any atom is -0.228 e. The Morgan fingerprint density at radius 1 is 0.345 bits per heavy atom. The molecule has 0 saturated heterocycles. The first-order chi connectivity index (χ1) is 27.3. The summed E-state index contributed by atoms with van der Waals surface area (Å²) in [4.78, 5) is 10.4. The molecule has 256 valence electrons. The molecule has 0 saturated carbocycles. The summed E-state index contributed by atoms with van der Waals surface area (Å²) in [5, 5.41) is 10.1. The molecule has 2 aromatic heterocycles. The van der Waals surface area contributed by atoms with Gasteiger partial charge in [-0.3, -0.25) is 0 Å². The van der Waals surface area contributed by atoms with Crippen molar-refractivity contribution in [2.45, 2.75) is 0 Å². The van der Waals surface area contributed by atoms with Crippen molar-refractivity contribution in [1.82, 2.24) is 9.97 Å². The minimum atomic E-state index is 0.718. The van der Waals surface area contributed by atoms with E-state index in [0.29, 0.717) is 0 Å². The van der Waals surface area contributed by atoms with Gasteiger partial charge in [0.2, 0.25) is 0 Å². The van der Waals surface area contributed by atoms with Crippen LogP contribution in [0.5, 0.6) is 0 Å². The van der Waals surface area contributed by atoms with Crippen LogP contribution in [0.1, 0.15) is 0 Å². The first-order valence-electron chi connectivity index (χ1n) is 18.7. The number of benzene rings is 9. The Bertz CT molecular complexity index is 3240. The van der Waals surface area contributed by atoms with Crippen LogP contribution in [-0.2, 0) is 0 Å². The number of hydrogen-bond acceptors (Lipinski definition) is 3. The standard InChI is InChI=1S/C52H32N2S/c1-3-15-35(16-4-1)49-41-22-10-9-21-40(41)48(44-31-30-33-14-7-8-19-38(33)50(44)49)36-28-26-34(27-29-36)45-32-46(54-52(53-45)37-17-5-2-6-18-37)43-24-13-23-42-39-20-11-12-25-47(39)55-51(42)43/h1-32H. The molecule has 0 bridgehead atoms. The van der Waals surface area contributed by atoms with Gasteiger partial charge in [0.05, 0.1) is 11.4 Å². The van der Waals surface area contributed by atoms with Crippen LogP contribution in [0.15, 0.2) is 194 Å². The fraction of sp³-hybridized carbons (Fsp3) is 0. The highest BCUT2D eigenvalue weighted by Crippen LogP contribution is 2.46. The maximum atomic E-state index is 5.21. The van der Waals surface area contributed by atoms with E-state index in [1.165, 1.54) is 74.7 Å². The van der Waals surface area contributed by atoms with Gasteiger partial charge >= 0.3 is 0 Å². The molecule has 2 nitrogen and oxygen atoms in total. The Kier molecular flexibility index (Phi) is 7.39. The molecule has 55 heavy (non-hydrogen) atoms. The molecule has 11 aromatic rings. The Hall–Kier alpha value is -6.94. The molecule has 0 radical (unpaired) electrons. The van der Waals surface area contributed by atoms with Gasteiger partial charge in [-0.25, -0.2) is 9.97 Å². The fourth-order valence-electron chi connectivity index (χ4n) is 8.37. The van der Waals surface area contributed by atoms with E-state index in [1.807, 2.05) is 29.5 Å². The summed E-state index contributed by atoms with van der Waals surface area (Å²) >= 11 is 1.83. The molecule has 0 aliphatic carbocycles. The molecule has 0 aliphatic rings. The molecular formula is C52H32N2S. The first kappa shape index (κ1) is 31.6.